The fraction of sp³-hybridized carbons (Fsp3) is 1.00. The van der Waals surface area contributed by atoms with Gasteiger partial charge in [-0.05, 0) is 25.8 Å². The average molecular weight is 228 g/mol. The van der Waals surface area contributed by atoms with E-state index in [0.717, 1.165) is 0 Å². The van der Waals surface area contributed by atoms with E-state index < -0.39 is 0 Å². The van der Waals surface area contributed by atoms with Crippen LogP contribution in [0.5, 0.6) is 0 Å². The van der Waals surface area contributed by atoms with Gasteiger partial charge in [0, 0.05) is 36.7 Å². The molecule has 1 unspecified atom stereocenters. The Hall–Kier alpha value is 0.270. The number of hydrogen-bond acceptors (Lipinski definition) is 3. The van der Waals surface area contributed by atoms with Gasteiger partial charge in [0.15, 0.2) is 0 Å². The van der Waals surface area contributed by atoms with Gasteiger partial charge in [0.2, 0.25) is 0 Å². The van der Waals surface area contributed by atoms with E-state index in [0.29, 0.717) is 5.54 Å². The summed E-state index contributed by atoms with van der Waals surface area (Å²) in [6, 6.07) is 0. The third-order valence-electron chi connectivity index (χ3n) is 3.69. The molecule has 2 heterocycles. The second-order valence-corrected chi connectivity index (χ2v) is 6.17. The Balaban J connectivity index is 1.87. The first kappa shape index (κ1) is 11.7. The third kappa shape index (κ3) is 3.11. The van der Waals surface area contributed by atoms with Gasteiger partial charge >= 0.3 is 0 Å². The van der Waals surface area contributed by atoms with Crippen LogP contribution in [0.2, 0.25) is 0 Å². The molecule has 3 heteroatoms. The lowest BCUT2D eigenvalue weighted by atomic mass is 9.91. The highest BCUT2D eigenvalue weighted by atomic mass is 32.2. The minimum Gasteiger partial charge on any atom is -0.310 e. The zero-order valence-corrected chi connectivity index (χ0v) is 10.7. The molecular weight excluding hydrogens is 204 g/mol. The zero-order chi connectivity index (χ0) is 10.6. The summed E-state index contributed by atoms with van der Waals surface area (Å²) in [5, 5.41) is 3.77. The van der Waals surface area contributed by atoms with Gasteiger partial charge in [0.25, 0.3) is 0 Å². The second kappa shape index (κ2) is 5.55. The van der Waals surface area contributed by atoms with Crippen LogP contribution in [-0.4, -0.2) is 48.1 Å². The molecule has 0 aromatic heterocycles. The van der Waals surface area contributed by atoms with Gasteiger partial charge in [0.1, 0.15) is 0 Å². The van der Waals surface area contributed by atoms with Crippen molar-refractivity contribution in [3.8, 4) is 0 Å². The van der Waals surface area contributed by atoms with Crippen molar-refractivity contribution < 1.29 is 0 Å². The van der Waals surface area contributed by atoms with Gasteiger partial charge < -0.3 is 5.32 Å². The van der Waals surface area contributed by atoms with Gasteiger partial charge in [-0.1, -0.05) is 13.3 Å². The van der Waals surface area contributed by atoms with Crippen LogP contribution in [0.25, 0.3) is 0 Å². The molecule has 2 aliphatic rings. The summed E-state index contributed by atoms with van der Waals surface area (Å²) in [5.41, 5.74) is 0.469. The Morgan fingerprint density at radius 2 is 2.13 bits per heavy atom. The number of nitrogens with zero attached hydrogens (tertiary/aromatic N) is 1. The van der Waals surface area contributed by atoms with E-state index in [-0.39, 0.29) is 0 Å². The van der Waals surface area contributed by atoms with Gasteiger partial charge in [-0.15, -0.1) is 0 Å². The Morgan fingerprint density at radius 1 is 1.33 bits per heavy atom. The summed E-state index contributed by atoms with van der Waals surface area (Å²) < 4.78 is 0. The summed E-state index contributed by atoms with van der Waals surface area (Å²) in [5.74, 6) is 2.67. The largest absolute Gasteiger partial charge is 0.310 e. The molecule has 0 aliphatic carbocycles. The molecule has 2 nitrogen and oxygen atoms in total. The first-order valence-corrected chi connectivity index (χ1v) is 7.55. The van der Waals surface area contributed by atoms with Crippen LogP contribution >= 0.6 is 11.8 Å². The molecule has 0 spiro atoms. The maximum Gasteiger partial charge on any atom is 0.0309 e. The molecule has 88 valence electrons. The van der Waals surface area contributed by atoms with Crippen LogP contribution in [0.15, 0.2) is 0 Å². The summed E-state index contributed by atoms with van der Waals surface area (Å²) >= 11 is 2.11. The molecule has 1 N–H and O–H groups in total. The van der Waals surface area contributed by atoms with E-state index in [1.807, 2.05) is 0 Å². The molecule has 0 aromatic rings. The lowest BCUT2D eigenvalue weighted by Gasteiger charge is -2.37. The van der Waals surface area contributed by atoms with Gasteiger partial charge in [-0.25, -0.2) is 0 Å². The van der Waals surface area contributed by atoms with Crippen LogP contribution in [0.1, 0.15) is 32.6 Å². The van der Waals surface area contributed by atoms with Gasteiger partial charge in [-0.3, -0.25) is 4.90 Å². The highest BCUT2D eigenvalue weighted by Crippen LogP contribution is 2.26. The summed E-state index contributed by atoms with van der Waals surface area (Å²) in [6.07, 6.45) is 5.44. The van der Waals surface area contributed by atoms with E-state index in [4.69, 9.17) is 0 Å². The molecule has 0 saturated carbocycles. The van der Waals surface area contributed by atoms with Gasteiger partial charge in [-0.2, -0.15) is 11.8 Å². The molecule has 2 rings (SSSR count). The van der Waals surface area contributed by atoms with Crippen LogP contribution < -0.4 is 5.32 Å². The van der Waals surface area contributed by atoms with Crippen molar-refractivity contribution >= 4 is 11.8 Å². The normalized spacial score (nSPS) is 33.4. The highest BCUT2D eigenvalue weighted by Gasteiger charge is 2.34. The highest BCUT2D eigenvalue weighted by molar-refractivity contribution is 7.99. The Bertz CT molecular complexity index is 184. The first-order valence-electron chi connectivity index (χ1n) is 6.40. The smallest absolute Gasteiger partial charge is 0.0309 e. The monoisotopic (exact) mass is 228 g/mol. The van der Waals surface area contributed by atoms with Crippen molar-refractivity contribution in [3.63, 3.8) is 0 Å². The zero-order valence-electron chi connectivity index (χ0n) is 9.93. The maximum absolute atomic E-state index is 3.77. The lowest BCUT2D eigenvalue weighted by molar-refractivity contribution is 0.196. The predicted octanol–water partition coefficient (Wildman–Crippen LogP) is 1.96. The van der Waals surface area contributed by atoms with E-state index in [2.05, 4.69) is 28.9 Å². The van der Waals surface area contributed by atoms with Crippen LogP contribution in [0.3, 0.4) is 0 Å². The molecule has 2 fully saturated rings. The molecule has 0 bridgehead atoms. The molecular formula is C12H24N2S. The summed E-state index contributed by atoms with van der Waals surface area (Å²) in [7, 11) is 0. The quantitative estimate of drug-likeness (QED) is 0.792. The number of nitrogens with one attached hydrogen (secondary N) is 1. The first-order chi connectivity index (χ1) is 7.35. The molecule has 2 saturated heterocycles. The minimum absolute atomic E-state index is 0.469. The Kier molecular flexibility index (Phi) is 4.35. The van der Waals surface area contributed by atoms with Crippen molar-refractivity contribution in [1.29, 1.82) is 0 Å². The molecule has 2 aliphatic heterocycles. The number of thioether (sulfide) groups is 1. The number of hydrogen-bond donors (Lipinski definition) is 1. The summed E-state index contributed by atoms with van der Waals surface area (Å²) in [4.78, 5) is 2.67. The lowest BCUT2D eigenvalue weighted by Crippen LogP contribution is -2.51. The van der Waals surface area contributed by atoms with Gasteiger partial charge in [0.05, 0.1) is 0 Å². The Morgan fingerprint density at radius 3 is 2.73 bits per heavy atom. The topological polar surface area (TPSA) is 15.3 Å². The van der Waals surface area contributed by atoms with E-state index in [9.17, 15) is 0 Å². The molecule has 0 aromatic carbocycles. The van der Waals surface area contributed by atoms with Crippen molar-refractivity contribution in [2.75, 3.05) is 37.7 Å². The molecule has 0 radical (unpaired) electrons. The standard InChI is InChI=1S/C12H24N2S/c1-2-4-12(5-3-6-13-12)11-14-7-9-15-10-8-14/h13H,2-11H2,1H3. The average Bonchev–Trinajstić information content (AvgIpc) is 2.69. The van der Waals surface area contributed by atoms with Crippen molar-refractivity contribution in [2.24, 2.45) is 0 Å². The van der Waals surface area contributed by atoms with E-state index >= 15 is 0 Å². The molecule has 15 heavy (non-hydrogen) atoms. The second-order valence-electron chi connectivity index (χ2n) is 4.95. The minimum atomic E-state index is 0.469. The Labute approximate surface area is 98.2 Å². The number of rotatable bonds is 4. The SMILES string of the molecule is CCCC1(CN2CCSCC2)CCCN1. The van der Waals surface area contributed by atoms with Crippen LogP contribution in [0.4, 0.5) is 0 Å². The van der Waals surface area contributed by atoms with E-state index in [1.165, 1.54) is 63.4 Å². The maximum atomic E-state index is 3.77. The van der Waals surface area contributed by atoms with E-state index in [1.54, 1.807) is 0 Å². The predicted molar refractivity (Wildman–Crippen MR) is 68.6 cm³/mol. The fourth-order valence-corrected chi connectivity index (χ4v) is 3.94. The van der Waals surface area contributed by atoms with Crippen molar-refractivity contribution in [3.05, 3.63) is 0 Å². The summed E-state index contributed by atoms with van der Waals surface area (Å²) in [6.45, 7) is 7.45. The van der Waals surface area contributed by atoms with Crippen LogP contribution in [-0.2, 0) is 0 Å². The van der Waals surface area contributed by atoms with Crippen molar-refractivity contribution in [2.45, 2.75) is 38.1 Å². The van der Waals surface area contributed by atoms with Crippen molar-refractivity contribution in [1.82, 2.24) is 10.2 Å². The molecule has 1 atom stereocenters. The fourth-order valence-electron chi connectivity index (χ4n) is 2.96. The molecule has 0 amide bonds. The third-order valence-corrected chi connectivity index (χ3v) is 4.63. The van der Waals surface area contributed by atoms with Crippen LogP contribution in [0, 0.1) is 0 Å².